The average molecular weight is 443 g/mol. The van der Waals surface area contributed by atoms with Crippen LogP contribution in [-0.4, -0.2) is 14.8 Å². The Bertz CT molecular complexity index is 915. The van der Waals surface area contributed by atoms with E-state index in [0.717, 1.165) is 28.3 Å². The van der Waals surface area contributed by atoms with Gasteiger partial charge in [-0.25, -0.2) is 0 Å². The molecule has 0 aliphatic rings. The second-order valence-corrected chi connectivity index (χ2v) is 8.06. The van der Waals surface area contributed by atoms with Gasteiger partial charge in [0.25, 0.3) is 0 Å². The first-order chi connectivity index (χ1) is 13.0. The predicted molar refractivity (Wildman–Crippen MR) is 112 cm³/mol. The van der Waals surface area contributed by atoms with E-state index in [1.807, 2.05) is 35.8 Å². The summed E-state index contributed by atoms with van der Waals surface area (Å²) < 4.78 is 8.03. The molecule has 8 heteroatoms. The zero-order valence-electron chi connectivity index (χ0n) is 14.8. The number of hydrogen-bond donors (Lipinski definition) is 0. The third kappa shape index (κ3) is 5.11. The molecule has 27 heavy (non-hydrogen) atoms. The molecule has 0 N–H and O–H groups in total. The number of ether oxygens (including phenoxy) is 1. The Labute approximate surface area is 177 Å². The Hall–Kier alpha value is -1.40. The highest BCUT2D eigenvalue weighted by Gasteiger charge is 2.19. The maximum Gasteiger partial charge on any atom is 0.191 e. The molecule has 1 heterocycles. The molecule has 1 aromatic heterocycles. The zero-order chi connectivity index (χ0) is 19.4. The van der Waals surface area contributed by atoms with Crippen molar-refractivity contribution in [2.45, 2.75) is 37.4 Å². The summed E-state index contributed by atoms with van der Waals surface area (Å²) in [5, 5.41) is 11.3. The molecule has 0 saturated carbocycles. The van der Waals surface area contributed by atoms with Gasteiger partial charge >= 0.3 is 0 Å². The van der Waals surface area contributed by atoms with Crippen LogP contribution in [0.2, 0.25) is 15.1 Å². The van der Waals surface area contributed by atoms with Gasteiger partial charge in [0, 0.05) is 28.4 Å². The zero-order valence-corrected chi connectivity index (χ0v) is 17.9. The highest BCUT2D eigenvalue weighted by molar-refractivity contribution is 7.98. The highest BCUT2D eigenvalue weighted by Crippen LogP contribution is 2.32. The quantitative estimate of drug-likeness (QED) is 0.382. The fourth-order valence-corrected chi connectivity index (χ4v) is 3.96. The fraction of sp³-hybridized carbons (Fsp3) is 0.263. The number of halogens is 3. The van der Waals surface area contributed by atoms with Crippen LogP contribution >= 0.6 is 46.6 Å². The van der Waals surface area contributed by atoms with E-state index in [1.165, 1.54) is 5.56 Å². The number of hydrogen-bond acceptors (Lipinski definition) is 4. The molecule has 0 spiro atoms. The van der Waals surface area contributed by atoms with Crippen LogP contribution in [0.4, 0.5) is 0 Å². The molecular formula is C19H18Cl3N3OS. The first-order valence-electron chi connectivity index (χ1n) is 8.40. The summed E-state index contributed by atoms with van der Waals surface area (Å²) >= 11 is 19.8. The molecule has 3 aromatic rings. The van der Waals surface area contributed by atoms with Crippen molar-refractivity contribution >= 4 is 46.6 Å². The number of rotatable bonds is 7. The maximum atomic E-state index is 6.20. The lowest BCUT2D eigenvalue weighted by Gasteiger charge is -2.16. The molecule has 2 aromatic carbocycles. The van der Waals surface area contributed by atoms with Crippen LogP contribution in [0.5, 0.6) is 5.75 Å². The first kappa shape index (κ1) is 20.3. The Morgan fingerprint density at radius 2 is 1.74 bits per heavy atom. The normalized spacial score (nSPS) is 12.2. The molecule has 1 atom stereocenters. The lowest BCUT2D eigenvalue weighted by Crippen LogP contribution is -2.12. The summed E-state index contributed by atoms with van der Waals surface area (Å²) in [7, 11) is 0. The average Bonchev–Trinajstić information content (AvgIpc) is 3.07. The molecule has 0 fully saturated rings. The van der Waals surface area contributed by atoms with E-state index in [9.17, 15) is 0 Å². The van der Waals surface area contributed by atoms with Gasteiger partial charge in [-0.2, -0.15) is 0 Å². The molecule has 0 saturated heterocycles. The molecule has 0 amide bonds. The molecule has 142 valence electrons. The highest BCUT2D eigenvalue weighted by atomic mass is 35.5. The second-order valence-electron chi connectivity index (χ2n) is 5.83. The Morgan fingerprint density at radius 1 is 1.04 bits per heavy atom. The van der Waals surface area contributed by atoms with Gasteiger partial charge in [0.05, 0.1) is 5.02 Å². The lowest BCUT2D eigenvalue weighted by molar-refractivity contribution is 0.210. The van der Waals surface area contributed by atoms with Crippen molar-refractivity contribution in [2.75, 3.05) is 0 Å². The van der Waals surface area contributed by atoms with Gasteiger partial charge < -0.3 is 9.30 Å². The van der Waals surface area contributed by atoms with Gasteiger partial charge in [0.1, 0.15) is 5.75 Å². The minimum Gasteiger partial charge on any atom is -0.481 e. The second kappa shape index (κ2) is 9.20. The van der Waals surface area contributed by atoms with Gasteiger partial charge in [-0.1, -0.05) is 58.7 Å². The van der Waals surface area contributed by atoms with Crippen molar-refractivity contribution in [2.24, 2.45) is 0 Å². The van der Waals surface area contributed by atoms with E-state index in [4.69, 9.17) is 39.5 Å². The summed E-state index contributed by atoms with van der Waals surface area (Å²) in [6, 6.07) is 12.9. The van der Waals surface area contributed by atoms with Crippen LogP contribution < -0.4 is 4.74 Å². The monoisotopic (exact) mass is 441 g/mol. The van der Waals surface area contributed by atoms with E-state index in [0.29, 0.717) is 15.8 Å². The number of nitrogens with zero attached hydrogens (tertiary/aromatic N) is 3. The summed E-state index contributed by atoms with van der Waals surface area (Å²) in [5.41, 5.74) is 1.17. The molecule has 1 unspecified atom stereocenters. The standard InChI is InChI=1S/C19H18Cl3N3OS/c1-3-25-18(12(2)26-17-10-15(21)8-9-16(17)22)23-24-19(25)27-11-13-4-6-14(20)7-5-13/h4-10,12H,3,11H2,1-2H3. The fourth-order valence-electron chi connectivity index (χ4n) is 2.54. The smallest absolute Gasteiger partial charge is 0.191 e. The topological polar surface area (TPSA) is 39.9 Å². The SMILES string of the molecule is CCn1c(SCc2ccc(Cl)cc2)nnc1C(C)Oc1cc(Cl)ccc1Cl. The lowest BCUT2D eigenvalue weighted by atomic mass is 10.2. The summed E-state index contributed by atoms with van der Waals surface area (Å²) in [4.78, 5) is 0. The van der Waals surface area contributed by atoms with Crippen molar-refractivity contribution in [3.63, 3.8) is 0 Å². The third-order valence-corrected chi connectivity index (χ3v) is 5.74. The Kier molecular flexibility index (Phi) is 6.93. The van der Waals surface area contributed by atoms with E-state index < -0.39 is 0 Å². The van der Waals surface area contributed by atoms with Gasteiger partial charge in [-0.05, 0) is 43.7 Å². The van der Waals surface area contributed by atoms with Crippen LogP contribution in [0, 0.1) is 0 Å². The number of benzene rings is 2. The van der Waals surface area contributed by atoms with E-state index in [1.54, 1.807) is 30.0 Å². The molecule has 0 bridgehead atoms. The molecule has 3 rings (SSSR count). The van der Waals surface area contributed by atoms with Gasteiger partial charge in [0.2, 0.25) is 0 Å². The van der Waals surface area contributed by atoms with Crippen LogP contribution in [0.15, 0.2) is 47.6 Å². The summed E-state index contributed by atoms with van der Waals surface area (Å²) in [6.07, 6.45) is -0.321. The van der Waals surface area contributed by atoms with E-state index >= 15 is 0 Å². The maximum absolute atomic E-state index is 6.20. The van der Waals surface area contributed by atoms with Gasteiger partial charge in [-0.15, -0.1) is 10.2 Å². The van der Waals surface area contributed by atoms with E-state index in [-0.39, 0.29) is 6.10 Å². The third-order valence-electron chi connectivity index (χ3n) is 3.90. The van der Waals surface area contributed by atoms with Crippen LogP contribution in [0.3, 0.4) is 0 Å². The van der Waals surface area contributed by atoms with E-state index in [2.05, 4.69) is 17.1 Å². The first-order valence-corrected chi connectivity index (χ1v) is 10.5. The Balaban J connectivity index is 1.74. The number of thioether (sulfide) groups is 1. The van der Waals surface area contributed by atoms with Crippen molar-refractivity contribution in [1.82, 2.24) is 14.8 Å². The predicted octanol–water partition coefficient (Wildman–Crippen LogP) is 6.69. The van der Waals surface area contributed by atoms with Crippen molar-refractivity contribution in [1.29, 1.82) is 0 Å². The summed E-state index contributed by atoms with van der Waals surface area (Å²) in [5.74, 6) is 2.05. The van der Waals surface area contributed by atoms with Crippen molar-refractivity contribution in [3.05, 3.63) is 68.9 Å². The van der Waals surface area contributed by atoms with Crippen LogP contribution in [-0.2, 0) is 12.3 Å². The minimum atomic E-state index is -0.321. The molecule has 0 aliphatic carbocycles. The number of aromatic nitrogens is 3. The molecular weight excluding hydrogens is 425 g/mol. The van der Waals surface area contributed by atoms with Gasteiger partial charge in [0.15, 0.2) is 17.1 Å². The van der Waals surface area contributed by atoms with Crippen molar-refractivity contribution in [3.8, 4) is 5.75 Å². The Morgan fingerprint density at radius 3 is 2.44 bits per heavy atom. The molecule has 0 aliphatic heterocycles. The summed E-state index contributed by atoms with van der Waals surface area (Å²) in [6.45, 7) is 4.71. The minimum absolute atomic E-state index is 0.321. The van der Waals surface area contributed by atoms with Gasteiger partial charge in [-0.3, -0.25) is 0 Å². The largest absolute Gasteiger partial charge is 0.481 e. The molecule has 0 radical (unpaired) electrons. The molecule has 4 nitrogen and oxygen atoms in total. The van der Waals surface area contributed by atoms with Crippen LogP contribution in [0.25, 0.3) is 0 Å². The van der Waals surface area contributed by atoms with Crippen LogP contribution in [0.1, 0.15) is 31.3 Å². The van der Waals surface area contributed by atoms with Crippen molar-refractivity contribution < 1.29 is 4.74 Å².